The largest absolute Gasteiger partial charge is 0.481 e. The molecule has 0 atom stereocenters. The van der Waals surface area contributed by atoms with Crippen LogP contribution in [0.5, 0.6) is 0 Å². The molecule has 5 rings (SSSR count). The minimum atomic E-state index is -0.727. The third-order valence-corrected chi connectivity index (χ3v) is 7.89. The Balaban J connectivity index is 1.34. The Morgan fingerprint density at radius 1 is 0.971 bits per heavy atom. The van der Waals surface area contributed by atoms with Gasteiger partial charge in [0.1, 0.15) is 0 Å². The smallest absolute Gasteiger partial charge is 0.306 e. The van der Waals surface area contributed by atoms with Gasteiger partial charge in [-0.2, -0.15) is 0 Å². The number of carboxylic acids is 1. The molecule has 0 unspecified atom stereocenters. The van der Waals surface area contributed by atoms with Gasteiger partial charge in [0.05, 0.1) is 21.7 Å². The zero-order valence-corrected chi connectivity index (χ0v) is 20.0. The van der Waals surface area contributed by atoms with Crippen LogP contribution in [0, 0.1) is 12.8 Å². The maximum Gasteiger partial charge on any atom is 0.306 e. The second-order valence-corrected chi connectivity index (χ2v) is 10.4. The molecule has 0 saturated heterocycles. The van der Waals surface area contributed by atoms with Gasteiger partial charge in [0.15, 0.2) is 0 Å². The van der Waals surface area contributed by atoms with Crippen LogP contribution in [0.3, 0.4) is 0 Å². The third kappa shape index (κ3) is 4.50. The van der Waals surface area contributed by atoms with E-state index in [0.717, 1.165) is 20.7 Å². The molecule has 5 nitrogen and oxygen atoms in total. The highest BCUT2D eigenvalue weighted by Crippen LogP contribution is 2.33. The topological polar surface area (TPSA) is 71.3 Å². The molecule has 34 heavy (non-hydrogen) atoms. The molecule has 1 amide bonds. The SMILES string of the molecule is Cc1sc2ccn(Cc3ccc(-c4ccccc4)cc3)c2c1C(=O)NC1CCC(C(=O)O)CC1. The minimum Gasteiger partial charge on any atom is -0.481 e. The molecule has 1 saturated carbocycles. The van der Waals surface area contributed by atoms with Crippen molar-refractivity contribution in [2.45, 2.75) is 45.2 Å². The summed E-state index contributed by atoms with van der Waals surface area (Å²) in [6, 6.07) is 21.0. The molecule has 0 bridgehead atoms. The lowest BCUT2D eigenvalue weighted by Crippen LogP contribution is -2.39. The van der Waals surface area contributed by atoms with Crippen LogP contribution in [0.2, 0.25) is 0 Å². The fourth-order valence-electron chi connectivity index (χ4n) is 4.96. The van der Waals surface area contributed by atoms with Crippen molar-refractivity contribution in [1.82, 2.24) is 9.88 Å². The summed E-state index contributed by atoms with van der Waals surface area (Å²) in [5.41, 5.74) is 5.28. The molecule has 2 N–H and O–H groups in total. The number of aliphatic carboxylic acids is 1. The number of benzene rings is 2. The summed E-state index contributed by atoms with van der Waals surface area (Å²) in [4.78, 5) is 25.5. The summed E-state index contributed by atoms with van der Waals surface area (Å²) in [5.74, 6) is -1.06. The van der Waals surface area contributed by atoms with Crippen molar-refractivity contribution in [2.24, 2.45) is 5.92 Å². The Morgan fingerprint density at radius 2 is 1.65 bits per heavy atom. The van der Waals surface area contributed by atoms with Crippen molar-refractivity contribution in [3.63, 3.8) is 0 Å². The van der Waals surface area contributed by atoms with Crippen LogP contribution >= 0.6 is 11.3 Å². The molecule has 1 aliphatic rings. The van der Waals surface area contributed by atoms with Gasteiger partial charge in [-0.3, -0.25) is 9.59 Å². The normalized spacial score (nSPS) is 18.1. The number of aromatic nitrogens is 1. The van der Waals surface area contributed by atoms with Crippen LogP contribution in [-0.2, 0) is 11.3 Å². The molecular formula is C28H28N2O3S. The quantitative estimate of drug-likeness (QED) is 0.356. The maximum absolute atomic E-state index is 13.3. The number of carbonyl (C=O) groups is 2. The van der Waals surface area contributed by atoms with Crippen molar-refractivity contribution in [2.75, 3.05) is 0 Å². The van der Waals surface area contributed by atoms with Crippen LogP contribution in [0.15, 0.2) is 66.9 Å². The first-order valence-electron chi connectivity index (χ1n) is 11.8. The van der Waals surface area contributed by atoms with Crippen LogP contribution in [0.25, 0.3) is 21.3 Å². The molecular weight excluding hydrogens is 444 g/mol. The number of rotatable bonds is 6. The maximum atomic E-state index is 13.3. The zero-order valence-electron chi connectivity index (χ0n) is 19.2. The lowest BCUT2D eigenvalue weighted by atomic mass is 9.86. The minimum absolute atomic E-state index is 0.0337. The van der Waals surface area contributed by atoms with Gasteiger partial charge >= 0.3 is 5.97 Å². The number of hydrogen-bond donors (Lipinski definition) is 2. The van der Waals surface area contributed by atoms with E-state index >= 15 is 0 Å². The Morgan fingerprint density at radius 3 is 2.32 bits per heavy atom. The zero-order chi connectivity index (χ0) is 23.7. The highest BCUT2D eigenvalue weighted by Gasteiger charge is 2.28. The molecule has 174 valence electrons. The van der Waals surface area contributed by atoms with Crippen molar-refractivity contribution < 1.29 is 14.7 Å². The van der Waals surface area contributed by atoms with Crippen molar-refractivity contribution in [1.29, 1.82) is 0 Å². The molecule has 0 radical (unpaired) electrons. The summed E-state index contributed by atoms with van der Waals surface area (Å²) in [6.07, 6.45) is 4.72. The molecule has 1 fully saturated rings. The number of nitrogens with zero attached hydrogens (tertiary/aromatic N) is 1. The van der Waals surface area contributed by atoms with Gasteiger partial charge in [-0.05, 0) is 55.4 Å². The van der Waals surface area contributed by atoms with E-state index in [1.54, 1.807) is 11.3 Å². The first-order valence-corrected chi connectivity index (χ1v) is 12.6. The van der Waals surface area contributed by atoms with Gasteiger partial charge in [0.2, 0.25) is 0 Å². The van der Waals surface area contributed by atoms with Crippen molar-refractivity contribution in [3.8, 4) is 11.1 Å². The number of nitrogens with one attached hydrogen (secondary N) is 1. The number of fused-ring (bicyclic) bond motifs is 1. The Kier molecular flexibility index (Phi) is 6.24. The Hall–Kier alpha value is -3.38. The average Bonchev–Trinajstić information content (AvgIpc) is 3.38. The predicted molar refractivity (Wildman–Crippen MR) is 136 cm³/mol. The van der Waals surface area contributed by atoms with Crippen LogP contribution in [0.4, 0.5) is 0 Å². The summed E-state index contributed by atoms with van der Waals surface area (Å²) in [5, 5.41) is 12.4. The average molecular weight is 473 g/mol. The van der Waals surface area contributed by atoms with Gasteiger partial charge in [-0.15, -0.1) is 11.3 Å². The van der Waals surface area contributed by atoms with Crippen LogP contribution < -0.4 is 5.32 Å². The lowest BCUT2D eigenvalue weighted by molar-refractivity contribution is -0.142. The number of thiophene rings is 1. The third-order valence-electron chi connectivity index (χ3n) is 6.83. The number of hydrogen-bond acceptors (Lipinski definition) is 3. The summed E-state index contributed by atoms with van der Waals surface area (Å²) in [7, 11) is 0. The second-order valence-electron chi connectivity index (χ2n) is 9.11. The fourth-order valence-corrected chi connectivity index (χ4v) is 6.02. The van der Waals surface area contributed by atoms with E-state index in [4.69, 9.17) is 0 Å². The Bertz CT molecular complexity index is 1310. The van der Waals surface area contributed by atoms with Gasteiger partial charge in [0, 0.05) is 23.7 Å². The highest BCUT2D eigenvalue weighted by atomic mass is 32.1. The van der Waals surface area contributed by atoms with E-state index in [1.165, 1.54) is 16.7 Å². The van der Waals surface area contributed by atoms with E-state index in [1.807, 2.05) is 25.1 Å². The first kappa shape index (κ1) is 22.4. The van der Waals surface area contributed by atoms with E-state index in [2.05, 4.69) is 58.5 Å². The number of amides is 1. The van der Waals surface area contributed by atoms with Crippen LogP contribution in [-0.4, -0.2) is 27.6 Å². The molecule has 0 aliphatic heterocycles. The molecule has 1 aliphatic carbocycles. The van der Waals surface area contributed by atoms with Crippen LogP contribution in [0.1, 0.15) is 46.5 Å². The molecule has 2 heterocycles. The van der Waals surface area contributed by atoms with Gasteiger partial charge < -0.3 is 15.0 Å². The number of carboxylic acid groups (broad SMARTS) is 1. The van der Waals surface area contributed by atoms with Gasteiger partial charge in [-0.1, -0.05) is 54.6 Å². The fraction of sp³-hybridized carbons (Fsp3) is 0.286. The molecule has 0 spiro atoms. The standard InChI is InChI=1S/C28H28N2O3S/c1-18-25(27(31)29-23-13-11-22(12-14-23)28(32)33)26-24(34-18)15-16-30(26)17-19-7-9-21(10-8-19)20-5-3-2-4-6-20/h2-10,15-16,22-23H,11-14,17H2,1H3,(H,29,31)(H,32,33). The lowest BCUT2D eigenvalue weighted by Gasteiger charge is -2.26. The molecule has 2 aromatic carbocycles. The van der Waals surface area contributed by atoms with E-state index < -0.39 is 5.97 Å². The summed E-state index contributed by atoms with van der Waals surface area (Å²) in [6.45, 7) is 2.69. The van der Waals surface area contributed by atoms with Gasteiger partial charge in [-0.25, -0.2) is 0 Å². The van der Waals surface area contributed by atoms with Crippen molar-refractivity contribution >= 4 is 33.4 Å². The summed E-state index contributed by atoms with van der Waals surface area (Å²) < 4.78 is 3.27. The number of carbonyl (C=O) groups excluding carboxylic acids is 1. The second kappa shape index (κ2) is 9.47. The van der Waals surface area contributed by atoms with E-state index in [-0.39, 0.29) is 17.9 Å². The van der Waals surface area contributed by atoms with Crippen molar-refractivity contribution in [3.05, 3.63) is 82.9 Å². The molecule has 6 heteroatoms. The van der Waals surface area contributed by atoms with E-state index in [9.17, 15) is 14.7 Å². The monoisotopic (exact) mass is 472 g/mol. The predicted octanol–water partition coefficient (Wildman–Crippen LogP) is 6.10. The first-order chi connectivity index (χ1) is 16.5. The molecule has 4 aromatic rings. The van der Waals surface area contributed by atoms with E-state index in [0.29, 0.717) is 32.2 Å². The van der Waals surface area contributed by atoms with Gasteiger partial charge in [0.25, 0.3) is 5.91 Å². The number of aryl methyl sites for hydroxylation is 1. The highest BCUT2D eigenvalue weighted by molar-refractivity contribution is 7.19. The Labute approximate surface area is 203 Å². The molecule has 2 aromatic heterocycles. The summed E-state index contributed by atoms with van der Waals surface area (Å²) >= 11 is 1.65.